The lowest BCUT2D eigenvalue weighted by Crippen LogP contribution is -2.29. The van der Waals surface area contributed by atoms with Crippen LogP contribution in [0.5, 0.6) is 5.75 Å². The predicted octanol–water partition coefficient (Wildman–Crippen LogP) is 2.23. The van der Waals surface area contributed by atoms with Gasteiger partial charge in [0.05, 0.1) is 19.9 Å². The Labute approximate surface area is 177 Å². The van der Waals surface area contributed by atoms with Crippen LogP contribution in [-0.2, 0) is 13.6 Å². The molecule has 4 rings (SSSR count). The number of H-pyrrole nitrogens is 1. The lowest BCUT2D eigenvalue weighted by Gasteiger charge is -2.09. The summed E-state index contributed by atoms with van der Waals surface area (Å²) in [5, 5.41) is 4.27. The summed E-state index contributed by atoms with van der Waals surface area (Å²) >= 11 is 0. The zero-order valence-corrected chi connectivity index (χ0v) is 17.4. The van der Waals surface area contributed by atoms with Gasteiger partial charge in [-0.3, -0.25) is 18.9 Å². The van der Waals surface area contributed by atoms with Crippen molar-refractivity contribution in [1.82, 2.24) is 19.1 Å². The number of nitrogens with zero attached hydrogens (tertiary/aromatic N) is 4. The second-order valence-corrected chi connectivity index (χ2v) is 7.14. The van der Waals surface area contributed by atoms with E-state index in [-0.39, 0.29) is 5.65 Å². The van der Waals surface area contributed by atoms with Crippen LogP contribution in [0.4, 0.5) is 5.95 Å². The number of nitrogens with one attached hydrogen (secondary N) is 2. The van der Waals surface area contributed by atoms with Crippen LogP contribution in [0.1, 0.15) is 16.7 Å². The van der Waals surface area contributed by atoms with Gasteiger partial charge >= 0.3 is 5.69 Å². The molecule has 0 amide bonds. The highest BCUT2D eigenvalue weighted by atomic mass is 16.5. The van der Waals surface area contributed by atoms with Gasteiger partial charge in [0, 0.05) is 7.05 Å². The number of hydrogen-bond donors (Lipinski definition) is 2. The fourth-order valence-corrected chi connectivity index (χ4v) is 3.32. The molecule has 4 aromatic rings. The second-order valence-electron chi connectivity index (χ2n) is 7.14. The van der Waals surface area contributed by atoms with Crippen molar-refractivity contribution in [1.29, 1.82) is 0 Å². The van der Waals surface area contributed by atoms with Gasteiger partial charge < -0.3 is 4.74 Å². The van der Waals surface area contributed by atoms with Crippen LogP contribution < -0.4 is 21.4 Å². The molecule has 2 aromatic heterocycles. The van der Waals surface area contributed by atoms with E-state index in [9.17, 15) is 9.59 Å². The molecule has 31 heavy (non-hydrogen) atoms. The van der Waals surface area contributed by atoms with E-state index >= 15 is 0 Å². The summed E-state index contributed by atoms with van der Waals surface area (Å²) in [4.78, 5) is 31.4. The Hall–Kier alpha value is -4.14. The maximum atomic E-state index is 12.6. The summed E-state index contributed by atoms with van der Waals surface area (Å²) in [6.07, 6.45) is 1.64. The lowest BCUT2D eigenvalue weighted by atomic mass is 10.1. The average Bonchev–Trinajstić information content (AvgIpc) is 3.11. The zero-order chi connectivity index (χ0) is 22.0. The molecule has 2 N–H and O–H groups in total. The van der Waals surface area contributed by atoms with E-state index < -0.39 is 11.2 Å². The molecular weight excluding hydrogens is 396 g/mol. The first-order chi connectivity index (χ1) is 15.0. The summed E-state index contributed by atoms with van der Waals surface area (Å²) < 4.78 is 8.18. The van der Waals surface area contributed by atoms with Gasteiger partial charge in [-0.2, -0.15) is 10.1 Å². The number of aryl methyl sites for hydroxylation is 2. The first kappa shape index (κ1) is 20.1. The van der Waals surface area contributed by atoms with E-state index in [1.165, 1.54) is 4.57 Å². The molecule has 158 valence electrons. The highest BCUT2D eigenvalue weighted by Crippen LogP contribution is 2.18. The number of anilines is 1. The van der Waals surface area contributed by atoms with Crippen LogP contribution in [0.2, 0.25) is 0 Å². The van der Waals surface area contributed by atoms with Crippen molar-refractivity contribution in [3.05, 3.63) is 86.1 Å². The monoisotopic (exact) mass is 418 g/mol. The SMILES string of the molecule is COc1ccc(/C=N\Nc2nc3c(c(=O)[nH]c(=O)n3C)n2Cc2cccc(C)c2)cc1. The maximum Gasteiger partial charge on any atom is 0.329 e. The van der Waals surface area contributed by atoms with Gasteiger partial charge in [0.1, 0.15) is 5.75 Å². The van der Waals surface area contributed by atoms with Gasteiger partial charge in [0.25, 0.3) is 5.56 Å². The fraction of sp³-hybridized carbons (Fsp3) is 0.182. The van der Waals surface area contributed by atoms with E-state index in [4.69, 9.17) is 4.74 Å². The third kappa shape index (κ3) is 4.11. The Morgan fingerprint density at radius 1 is 1.19 bits per heavy atom. The number of methoxy groups -OCH3 is 1. The molecule has 0 fully saturated rings. The molecule has 9 heteroatoms. The number of rotatable bonds is 6. The molecule has 2 heterocycles. The number of aromatic amines is 1. The van der Waals surface area contributed by atoms with Gasteiger partial charge in [-0.25, -0.2) is 10.2 Å². The topological polar surface area (TPSA) is 106 Å². The van der Waals surface area contributed by atoms with Crippen LogP contribution in [0.15, 0.2) is 63.2 Å². The van der Waals surface area contributed by atoms with E-state index in [0.29, 0.717) is 18.0 Å². The van der Waals surface area contributed by atoms with Gasteiger partial charge in [0.2, 0.25) is 5.95 Å². The van der Waals surface area contributed by atoms with E-state index in [1.807, 2.05) is 55.5 Å². The molecule has 0 bridgehead atoms. The minimum absolute atomic E-state index is 0.281. The Kier molecular flexibility index (Phi) is 5.40. The Bertz CT molecular complexity index is 1380. The van der Waals surface area contributed by atoms with Crippen molar-refractivity contribution in [3.63, 3.8) is 0 Å². The summed E-state index contributed by atoms with van der Waals surface area (Å²) in [6, 6.07) is 15.4. The lowest BCUT2D eigenvalue weighted by molar-refractivity contribution is 0.415. The van der Waals surface area contributed by atoms with Crippen molar-refractivity contribution in [2.75, 3.05) is 12.5 Å². The Balaban J connectivity index is 1.74. The van der Waals surface area contributed by atoms with Gasteiger partial charge in [-0.05, 0) is 42.3 Å². The smallest absolute Gasteiger partial charge is 0.329 e. The third-order valence-corrected chi connectivity index (χ3v) is 4.92. The van der Waals surface area contributed by atoms with E-state index in [1.54, 1.807) is 24.9 Å². The van der Waals surface area contributed by atoms with Crippen LogP contribution >= 0.6 is 0 Å². The third-order valence-electron chi connectivity index (χ3n) is 4.92. The van der Waals surface area contributed by atoms with E-state index in [2.05, 4.69) is 20.5 Å². The minimum atomic E-state index is -0.522. The largest absolute Gasteiger partial charge is 0.497 e. The van der Waals surface area contributed by atoms with Gasteiger partial charge in [0.15, 0.2) is 11.2 Å². The number of imidazole rings is 1. The molecule has 0 saturated heterocycles. The molecular formula is C22H22N6O3. The summed E-state index contributed by atoms with van der Waals surface area (Å²) in [7, 11) is 3.17. The number of hydrazone groups is 1. The van der Waals surface area contributed by atoms with Crippen molar-refractivity contribution in [3.8, 4) is 5.75 Å². The summed E-state index contributed by atoms with van der Waals surface area (Å²) in [6.45, 7) is 2.39. The van der Waals surface area contributed by atoms with Gasteiger partial charge in [-0.15, -0.1) is 0 Å². The molecule has 0 atom stereocenters. The van der Waals surface area contributed by atoms with Crippen molar-refractivity contribution in [2.45, 2.75) is 13.5 Å². The standard InChI is InChI=1S/C22H22N6O3/c1-14-5-4-6-16(11-14)13-28-18-19(27(2)22(30)25-20(18)29)24-21(28)26-23-12-15-7-9-17(31-3)10-8-15/h4-12H,13H2,1-3H3,(H,24,26)(H,25,29,30)/b23-12-. The minimum Gasteiger partial charge on any atom is -0.497 e. The first-order valence-electron chi connectivity index (χ1n) is 9.64. The maximum absolute atomic E-state index is 12.6. The van der Waals surface area contributed by atoms with Gasteiger partial charge in [-0.1, -0.05) is 29.8 Å². The van der Waals surface area contributed by atoms with Crippen molar-refractivity contribution < 1.29 is 4.74 Å². The number of ether oxygens (including phenoxy) is 1. The average molecular weight is 418 g/mol. The zero-order valence-electron chi connectivity index (χ0n) is 17.4. The molecule has 0 aliphatic rings. The van der Waals surface area contributed by atoms with Crippen LogP contribution in [0, 0.1) is 6.92 Å². The quantitative estimate of drug-likeness (QED) is 0.369. The molecule has 0 aliphatic heterocycles. The Morgan fingerprint density at radius 2 is 1.97 bits per heavy atom. The van der Waals surface area contributed by atoms with Crippen molar-refractivity contribution in [2.24, 2.45) is 12.1 Å². The highest BCUT2D eigenvalue weighted by molar-refractivity contribution is 5.80. The van der Waals surface area contributed by atoms with Crippen LogP contribution in [0.3, 0.4) is 0 Å². The molecule has 0 aliphatic carbocycles. The number of hydrogen-bond acceptors (Lipinski definition) is 6. The summed E-state index contributed by atoms with van der Waals surface area (Å²) in [5.74, 6) is 1.11. The Morgan fingerprint density at radius 3 is 2.68 bits per heavy atom. The highest BCUT2D eigenvalue weighted by Gasteiger charge is 2.17. The molecule has 2 aromatic carbocycles. The van der Waals surface area contributed by atoms with Crippen LogP contribution in [-0.4, -0.2) is 32.4 Å². The van der Waals surface area contributed by atoms with Crippen LogP contribution in [0.25, 0.3) is 11.2 Å². The molecule has 0 radical (unpaired) electrons. The fourth-order valence-electron chi connectivity index (χ4n) is 3.32. The van der Waals surface area contributed by atoms with Crippen molar-refractivity contribution >= 4 is 23.3 Å². The normalized spacial score (nSPS) is 11.3. The molecule has 0 spiro atoms. The van der Waals surface area contributed by atoms with E-state index in [0.717, 1.165) is 22.4 Å². The molecule has 0 unspecified atom stereocenters. The summed E-state index contributed by atoms with van der Waals surface area (Å²) in [5.41, 5.74) is 5.43. The second kappa shape index (κ2) is 8.31. The molecule has 9 nitrogen and oxygen atoms in total. The first-order valence-corrected chi connectivity index (χ1v) is 9.64. The number of fused-ring (bicyclic) bond motifs is 1. The number of aromatic nitrogens is 4. The predicted molar refractivity (Wildman–Crippen MR) is 120 cm³/mol. The molecule has 0 saturated carbocycles. The number of benzene rings is 2.